The van der Waals surface area contributed by atoms with E-state index in [1.165, 1.54) is 50.4 Å². The Kier molecular flexibility index (Phi) is 6.63. The molecule has 0 bridgehead atoms. The monoisotopic (exact) mass is 539 g/mol. The van der Waals surface area contributed by atoms with Crippen LogP contribution in [-0.2, 0) is 16.1 Å². The van der Waals surface area contributed by atoms with E-state index >= 15 is 4.39 Å². The number of halogens is 2. The molecule has 4 N–H and O–H groups in total. The normalized spacial score (nSPS) is 19.4. The Morgan fingerprint density at radius 2 is 1.92 bits per heavy atom. The smallest absolute Gasteiger partial charge is 0.263 e. The molecule has 2 atom stereocenters. The first-order valence-electron chi connectivity index (χ1n) is 12.3. The van der Waals surface area contributed by atoms with Crippen molar-refractivity contribution in [1.29, 1.82) is 0 Å². The third-order valence-electron chi connectivity index (χ3n) is 6.71. The SMILES string of the molecule is COc1cc(C(=O)NC[C@](C)(O)c2cc3c(c(-c4ccc(F)cc4)n2)OC[C@]3(F)C(N)=O)ccc1OC1CC1. The van der Waals surface area contributed by atoms with Crippen LogP contribution in [0.4, 0.5) is 8.78 Å². The van der Waals surface area contributed by atoms with E-state index in [9.17, 15) is 19.1 Å². The van der Waals surface area contributed by atoms with Crippen LogP contribution in [0.5, 0.6) is 17.2 Å². The molecule has 204 valence electrons. The summed E-state index contributed by atoms with van der Waals surface area (Å²) < 4.78 is 45.8. The lowest BCUT2D eigenvalue weighted by atomic mass is 9.91. The van der Waals surface area contributed by atoms with Crippen LogP contribution in [-0.4, -0.2) is 48.3 Å². The summed E-state index contributed by atoms with van der Waals surface area (Å²) in [6, 6.07) is 11.1. The van der Waals surface area contributed by atoms with Gasteiger partial charge in [0.1, 0.15) is 23.7 Å². The number of pyridine rings is 1. The third-order valence-corrected chi connectivity index (χ3v) is 6.71. The van der Waals surface area contributed by atoms with Gasteiger partial charge in [0.15, 0.2) is 17.2 Å². The van der Waals surface area contributed by atoms with Crippen LogP contribution < -0.4 is 25.3 Å². The van der Waals surface area contributed by atoms with Crippen LogP contribution in [0.3, 0.4) is 0 Å². The summed E-state index contributed by atoms with van der Waals surface area (Å²) in [4.78, 5) is 29.4. The van der Waals surface area contributed by atoms with E-state index in [1.54, 1.807) is 12.1 Å². The fourth-order valence-electron chi connectivity index (χ4n) is 4.22. The Morgan fingerprint density at radius 3 is 2.56 bits per heavy atom. The summed E-state index contributed by atoms with van der Waals surface area (Å²) in [5.74, 6) is -1.37. The maximum absolute atomic E-state index is 15.6. The quantitative estimate of drug-likeness (QED) is 0.381. The molecule has 11 heteroatoms. The average molecular weight is 540 g/mol. The minimum Gasteiger partial charge on any atom is -0.493 e. The molecular weight excluding hydrogens is 512 g/mol. The molecular formula is C28H27F2N3O6. The van der Waals surface area contributed by atoms with Crippen LogP contribution in [0.25, 0.3) is 11.3 Å². The van der Waals surface area contributed by atoms with Gasteiger partial charge in [-0.3, -0.25) is 9.59 Å². The van der Waals surface area contributed by atoms with Crippen LogP contribution in [0.15, 0.2) is 48.5 Å². The molecule has 39 heavy (non-hydrogen) atoms. The molecule has 9 nitrogen and oxygen atoms in total. The zero-order chi connectivity index (χ0) is 27.9. The molecule has 0 saturated heterocycles. The second-order valence-electron chi connectivity index (χ2n) is 9.83. The molecule has 1 aliphatic heterocycles. The van der Waals surface area contributed by atoms with Gasteiger partial charge in [0.25, 0.3) is 17.5 Å². The molecule has 0 unspecified atom stereocenters. The number of carbonyl (C=O) groups excluding carboxylic acids is 2. The number of aliphatic hydroxyl groups is 1. The molecule has 2 aromatic carbocycles. The number of aromatic nitrogens is 1. The van der Waals surface area contributed by atoms with Gasteiger partial charge in [0.2, 0.25) is 0 Å². The highest BCUT2D eigenvalue weighted by molar-refractivity contribution is 5.95. The van der Waals surface area contributed by atoms with Crippen molar-refractivity contribution in [2.24, 2.45) is 5.73 Å². The first-order chi connectivity index (χ1) is 18.5. The summed E-state index contributed by atoms with van der Waals surface area (Å²) in [6.07, 6.45) is 2.08. The van der Waals surface area contributed by atoms with Gasteiger partial charge in [-0.25, -0.2) is 13.8 Å². The number of primary amides is 1. The number of hydrogen-bond acceptors (Lipinski definition) is 7. The molecule has 3 aromatic rings. The minimum absolute atomic E-state index is 0.0351. The number of rotatable bonds is 9. The number of nitrogens with zero attached hydrogens (tertiary/aromatic N) is 1. The number of fused-ring (bicyclic) bond motifs is 1. The molecule has 0 radical (unpaired) electrons. The number of alkyl halides is 1. The molecule has 1 fully saturated rings. The number of hydrogen-bond donors (Lipinski definition) is 3. The zero-order valence-corrected chi connectivity index (χ0v) is 21.3. The number of benzene rings is 2. The van der Waals surface area contributed by atoms with Gasteiger partial charge in [0.05, 0.1) is 25.5 Å². The highest BCUT2D eigenvalue weighted by atomic mass is 19.1. The summed E-state index contributed by atoms with van der Waals surface area (Å²) in [7, 11) is 1.47. The third kappa shape index (κ3) is 5.09. The van der Waals surface area contributed by atoms with E-state index < -0.39 is 35.5 Å². The van der Waals surface area contributed by atoms with E-state index in [-0.39, 0.29) is 40.9 Å². The number of nitrogens with two attached hydrogens (primary N) is 1. The van der Waals surface area contributed by atoms with Gasteiger partial charge in [-0.2, -0.15) is 0 Å². The van der Waals surface area contributed by atoms with E-state index in [0.29, 0.717) is 17.1 Å². The number of carbonyl (C=O) groups is 2. The van der Waals surface area contributed by atoms with Crippen LogP contribution in [0, 0.1) is 5.82 Å². The number of amides is 2. The fraction of sp³-hybridized carbons (Fsp3) is 0.321. The highest BCUT2D eigenvalue weighted by Gasteiger charge is 2.49. The molecule has 1 saturated carbocycles. The molecule has 0 spiro atoms. The Hall–Kier alpha value is -4.25. The van der Waals surface area contributed by atoms with Gasteiger partial charge >= 0.3 is 0 Å². The van der Waals surface area contributed by atoms with Crippen molar-refractivity contribution in [1.82, 2.24) is 10.3 Å². The van der Waals surface area contributed by atoms with Gasteiger partial charge in [-0.05, 0) is 68.3 Å². The lowest BCUT2D eigenvalue weighted by molar-refractivity contribution is -0.130. The van der Waals surface area contributed by atoms with Crippen LogP contribution in [0.1, 0.15) is 41.4 Å². The van der Waals surface area contributed by atoms with Gasteiger partial charge in [0, 0.05) is 16.7 Å². The summed E-state index contributed by atoms with van der Waals surface area (Å²) in [6.45, 7) is 0.390. The lowest BCUT2D eigenvalue weighted by Gasteiger charge is -2.25. The minimum atomic E-state index is -2.66. The van der Waals surface area contributed by atoms with Crippen molar-refractivity contribution in [3.8, 4) is 28.5 Å². The molecule has 1 aromatic heterocycles. The Bertz CT molecular complexity index is 1440. The lowest BCUT2D eigenvalue weighted by Crippen LogP contribution is -2.40. The number of methoxy groups -OCH3 is 1. The van der Waals surface area contributed by atoms with Crippen molar-refractivity contribution in [3.05, 3.63) is 71.2 Å². The average Bonchev–Trinajstić information content (AvgIpc) is 3.67. The molecule has 2 heterocycles. The molecule has 5 rings (SSSR count). The molecule has 2 amide bonds. The maximum atomic E-state index is 15.6. The van der Waals surface area contributed by atoms with E-state index in [0.717, 1.165) is 12.8 Å². The van der Waals surface area contributed by atoms with Crippen LogP contribution in [0.2, 0.25) is 0 Å². The predicted octanol–water partition coefficient (Wildman–Crippen LogP) is 3.12. The first-order valence-corrected chi connectivity index (χ1v) is 12.3. The van der Waals surface area contributed by atoms with Crippen LogP contribution >= 0.6 is 0 Å². The second-order valence-corrected chi connectivity index (χ2v) is 9.83. The van der Waals surface area contributed by atoms with Crippen molar-refractivity contribution in [2.75, 3.05) is 20.3 Å². The van der Waals surface area contributed by atoms with Crippen molar-refractivity contribution in [3.63, 3.8) is 0 Å². The topological polar surface area (TPSA) is 133 Å². The highest BCUT2D eigenvalue weighted by Crippen LogP contribution is 2.46. The van der Waals surface area contributed by atoms with Crippen molar-refractivity contribution >= 4 is 11.8 Å². The largest absolute Gasteiger partial charge is 0.493 e. The Morgan fingerprint density at radius 1 is 1.21 bits per heavy atom. The second kappa shape index (κ2) is 9.81. The predicted molar refractivity (Wildman–Crippen MR) is 136 cm³/mol. The van der Waals surface area contributed by atoms with E-state index in [4.69, 9.17) is 19.9 Å². The van der Waals surface area contributed by atoms with Crippen molar-refractivity contribution < 1.29 is 37.7 Å². The summed E-state index contributed by atoms with van der Waals surface area (Å²) in [5, 5.41) is 14.0. The maximum Gasteiger partial charge on any atom is 0.263 e. The number of nitrogens with one attached hydrogen (secondary N) is 1. The van der Waals surface area contributed by atoms with Gasteiger partial charge in [-0.1, -0.05) is 0 Å². The van der Waals surface area contributed by atoms with Gasteiger partial charge in [-0.15, -0.1) is 0 Å². The Balaban J connectivity index is 1.43. The first kappa shape index (κ1) is 26.4. The molecule has 2 aliphatic rings. The fourth-order valence-corrected chi connectivity index (χ4v) is 4.22. The van der Waals surface area contributed by atoms with Crippen molar-refractivity contribution in [2.45, 2.75) is 37.1 Å². The van der Waals surface area contributed by atoms with E-state index in [2.05, 4.69) is 10.3 Å². The molecule has 1 aliphatic carbocycles. The summed E-state index contributed by atoms with van der Waals surface area (Å²) in [5.41, 5.74) is 1.31. The Labute approximate surface area is 222 Å². The number of ether oxygens (including phenoxy) is 3. The zero-order valence-electron chi connectivity index (χ0n) is 21.3. The van der Waals surface area contributed by atoms with E-state index in [1.807, 2.05) is 0 Å². The van der Waals surface area contributed by atoms with Gasteiger partial charge < -0.3 is 30.4 Å². The standard InChI is InChI=1S/C28H27F2N3O6/c1-27(36,13-32-25(34)16-5-10-20(21(11-16)37-2)39-18-8-9-18)22-12-19-24(38-14-28(19,30)26(31)35)23(33-22)15-3-6-17(29)7-4-15/h3-7,10-12,18,36H,8-9,13-14H2,1-2H3,(H2,31,35)(H,32,34)/t27-,28+/m0/s1. The summed E-state index contributed by atoms with van der Waals surface area (Å²) >= 11 is 0.